The first kappa shape index (κ1) is 28.5. The van der Waals surface area contributed by atoms with Crippen LogP contribution < -0.4 is 10.1 Å². The summed E-state index contributed by atoms with van der Waals surface area (Å²) >= 11 is 0. The van der Waals surface area contributed by atoms with E-state index in [1.807, 2.05) is 30.0 Å². The molecule has 3 heterocycles. The third kappa shape index (κ3) is 6.24. The van der Waals surface area contributed by atoms with Gasteiger partial charge in [-0.15, -0.1) is 0 Å². The number of nitrogens with one attached hydrogen (secondary N) is 1. The molecule has 1 atom stereocenters. The highest BCUT2D eigenvalue weighted by molar-refractivity contribution is 5.88. The number of hydrogen-bond donors (Lipinski definition) is 1. The van der Waals surface area contributed by atoms with Crippen LogP contribution in [0.5, 0.6) is 5.88 Å². The van der Waals surface area contributed by atoms with Crippen LogP contribution in [0.2, 0.25) is 0 Å². The fourth-order valence-corrected chi connectivity index (χ4v) is 5.05. The van der Waals surface area contributed by atoms with Gasteiger partial charge < -0.3 is 19.9 Å². The van der Waals surface area contributed by atoms with E-state index in [4.69, 9.17) is 4.74 Å². The lowest BCUT2D eigenvalue weighted by Crippen LogP contribution is -2.42. The average molecular weight is 545 g/mol. The number of rotatable bonds is 8. The molecule has 8 nitrogen and oxygen atoms in total. The molecule has 0 unspecified atom stereocenters. The molecular formula is C28H35F3N6O2. The summed E-state index contributed by atoms with van der Waals surface area (Å²) in [5.74, 6) is -2.72. The maximum atomic E-state index is 15.1. The SMILES string of the molecule is COc1nc2nc(C)nc(N[C@H](C)c3cccc(C(C)(F)F)c3F)c2cc1C1CCN(C(=O)CN(C)C)CC1. The van der Waals surface area contributed by atoms with E-state index in [-0.39, 0.29) is 17.4 Å². The number of hydrogen-bond acceptors (Lipinski definition) is 7. The monoisotopic (exact) mass is 544 g/mol. The van der Waals surface area contributed by atoms with E-state index < -0.39 is 23.3 Å². The topological polar surface area (TPSA) is 83.5 Å². The van der Waals surface area contributed by atoms with Crippen LogP contribution in [0, 0.1) is 12.7 Å². The normalized spacial score (nSPS) is 15.6. The fraction of sp³-hybridized carbons (Fsp3) is 0.500. The minimum atomic E-state index is -3.31. The zero-order valence-electron chi connectivity index (χ0n) is 23.2. The number of likely N-dealkylation sites (tertiary alicyclic amines) is 1. The summed E-state index contributed by atoms with van der Waals surface area (Å²) in [6.45, 7) is 5.71. The lowest BCUT2D eigenvalue weighted by atomic mass is 9.89. The number of piperidine rings is 1. The number of amides is 1. The molecule has 2 aromatic heterocycles. The largest absolute Gasteiger partial charge is 0.481 e. The first-order valence-corrected chi connectivity index (χ1v) is 13.0. The molecule has 4 rings (SSSR count). The zero-order valence-corrected chi connectivity index (χ0v) is 23.2. The molecule has 0 spiro atoms. The highest BCUT2D eigenvalue weighted by atomic mass is 19.3. The number of likely N-dealkylation sites (N-methyl/N-ethyl adjacent to an activating group) is 1. The number of fused-ring (bicyclic) bond motifs is 1. The summed E-state index contributed by atoms with van der Waals surface area (Å²) in [6.07, 6.45) is 1.50. The van der Waals surface area contributed by atoms with Crippen molar-refractivity contribution in [3.63, 3.8) is 0 Å². The van der Waals surface area contributed by atoms with Gasteiger partial charge in [-0.2, -0.15) is 4.98 Å². The Morgan fingerprint density at radius 1 is 1.23 bits per heavy atom. The molecule has 3 aromatic rings. The zero-order chi connectivity index (χ0) is 28.5. The number of benzene rings is 1. The van der Waals surface area contributed by atoms with Crippen molar-refractivity contribution >= 4 is 22.8 Å². The number of anilines is 1. The Hall–Kier alpha value is -3.47. The van der Waals surface area contributed by atoms with Gasteiger partial charge in [-0.25, -0.2) is 23.1 Å². The number of carbonyl (C=O) groups is 1. The Kier molecular flexibility index (Phi) is 8.29. The molecule has 0 bridgehead atoms. The van der Waals surface area contributed by atoms with Crippen LogP contribution in [0.3, 0.4) is 0 Å². The van der Waals surface area contributed by atoms with E-state index in [0.717, 1.165) is 24.5 Å². The molecule has 1 amide bonds. The van der Waals surface area contributed by atoms with Crippen molar-refractivity contribution < 1.29 is 22.7 Å². The molecule has 1 aliphatic heterocycles. The first-order valence-electron chi connectivity index (χ1n) is 13.0. The van der Waals surface area contributed by atoms with Crippen molar-refractivity contribution in [1.29, 1.82) is 0 Å². The Morgan fingerprint density at radius 2 is 1.92 bits per heavy atom. The molecule has 1 aliphatic rings. The number of carbonyl (C=O) groups excluding carboxylic acids is 1. The summed E-state index contributed by atoms with van der Waals surface area (Å²) in [6, 6.07) is 5.27. The van der Waals surface area contributed by atoms with Crippen molar-refractivity contribution in [1.82, 2.24) is 24.8 Å². The van der Waals surface area contributed by atoms with Crippen molar-refractivity contribution in [3.05, 3.63) is 52.6 Å². The quantitative estimate of drug-likeness (QED) is 0.426. The van der Waals surface area contributed by atoms with Crippen LogP contribution in [0.4, 0.5) is 19.0 Å². The van der Waals surface area contributed by atoms with Crippen molar-refractivity contribution in [2.24, 2.45) is 0 Å². The van der Waals surface area contributed by atoms with Gasteiger partial charge >= 0.3 is 0 Å². The Bertz CT molecular complexity index is 1350. The van der Waals surface area contributed by atoms with Gasteiger partial charge in [0, 0.05) is 31.1 Å². The molecule has 1 saturated heterocycles. The van der Waals surface area contributed by atoms with E-state index in [9.17, 15) is 13.6 Å². The molecule has 11 heteroatoms. The number of alkyl halides is 2. The summed E-state index contributed by atoms with van der Waals surface area (Å²) in [5.41, 5.74) is 0.744. The van der Waals surface area contributed by atoms with E-state index in [0.29, 0.717) is 55.1 Å². The predicted molar refractivity (Wildman–Crippen MR) is 144 cm³/mol. The molecular weight excluding hydrogens is 509 g/mol. The van der Waals surface area contributed by atoms with Crippen LogP contribution in [-0.4, -0.2) is 71.5 Å². The summed E-state index contributed by atoms with van der Waals surface area (Å²) in [7, 11) is 5.30. The number of pyridine rings is 1. The van der Waals surface area contributed by atoms with Gasteiger partial charge in [-0.3, -0.25) is 4.79 Å². The van der Waals surface area contributed by atoms with Crippen LogP contribution in [0.1, 0.15) is 61.2 Å². The first-order chi connectivity index (χ1) is 18.4. The van der Waals surface area contributed by atoms with Crippen molar-refractivity contribution in [2.75, 3.05) is 46.2 Å². The second kappa shape index (κ2) is 11.3. The van der Waals surface area contributed by atoms with Gasteiger partial charge in [0.15, 0.2) is 5.65 Å². The molecule has 0 aliphatic carbocycles. The molecule has 1 fully saturated rings. The number of ether oxygens (including phenoxy) is 1. The second-order valence-electron chi connectivity index (χ2n) is 10.4. The molecule has 0 radical (unpaired) electrons. The number of halogens is 3. The molecule has 0 saturated carbocycles. The summed E-state index contributed by atoms with van der Waals surface area (Å²) in [4.78, 5) is 29.9. The minimum absolute atomic E-state index is 0.100. The number of aromatic nitrogens is 3. The Balaban J connectivity index is 1.66. The maximum Gasteiger partial charge on any atom is 0.273 e. The molecule has 1 N–H and O–H groups in total. The fourth-order valence-electron chi connectivity index (χ4n) is 5.05. The lowest BCUT2D eigenvalue weighted by molar-refractivity contribution is -0.132. The van der Waals surface area contributed by atoms with Crippen molar-refractivity contribution in [2.45, 2.75) is 51.5 Å². The van der Waals surface area contributed by atoms with Gasteiger partial charge in [0.1, 0.15) is 17.5 Å². The number of nitrogens with zero attached hydrogens (tertiary/aromatic N) is 5. The van der Waals surface area contributed by atoms with Crippen LogP contribution in [0.25, 0.3) is 11.0 Å². The third-order valence-electron chi connectivity index (χ3n) is 7.05. The molecule has 210 valence electrons. The highest BCUT2D eigenvalue weighted by Crippen LogP contribution is 2.38. The van der Waals surface area contributed by atoms with Crippen LogP contribution >= 0.6 is 0 Å². The highest BCUT2D eigenvalue weighted by Gasteiger charge is 2.31. The summed E-state index contributed by atoms with van der Waals surface area (Å²) in [5, 5.41) is 3.81. The van der Waals surface area contributed by atoms with E-state index >= 15 is 4.39 Å². The number of aryl methyl sites for hydroxylation is 1. The Labute approximate surface area is 226 Å². The van der Waals surface area contributed by atoms with Gasteiger partial charge in [-0.1, -0.05) is 18.2 Å². The van der Waals surface area contributed by atoms with Gasteiger partial charge in [0.25, 0.3) is 5.92 Å². The number of methoxy groups -OCH3 is 1. The van der Waals surface area contributed by atoms with E-state index in [2.05, 4.69) is 20.3 Å². The smallest absolute Gasteiger partial charge is 0.273 e. The Morgan fingerprint density at radius 3 is 2.54 bits per heavy atom. The van der Waals surface area contributed by atoms with E-state index in [1.54, 1.807) is 21.0 Å². The predicted octanol–water partition coefficient (Wildman–Crippen LogP) is 5.03. The molecule has 1 aromatic carbocycles. The second-order valence-corrected chi connectivity index (χ2v) is 10.4. The standard InChI is InChI=1S/C28H35F3N6O2/c1-16(19-8-7-9-22(24(19)29)28(3,30)31)32-25-21-14-20(27(39-6)35-26(21)34-17(2)33-25)18-10-12-37(13-11-18)23(38)15-36(4)5/h7-9,14,16,18H,10-13,15H2,1-6H3,(H,32,33,34,35)/t16-/m1/s1. The van der Waals surface area contributed by atoms with Gasteiger partial charge in [0.05, 0.1) is 30.6 Å². The van der Waals surface area contributed by atoms with Gasteiger partial charge in [0.2, 0.25) is 11.8 Å². The average Bonchev–Trinajstić information content (AvgIpc) is 2.87. The minimum Gasteiger partial charge on any atom is -0.481 e. The molecule has 39 heavy (non-hydrogen) atoms. The van der Waals surface area contributed by atoms with E-state index in [1.165, 1.54) is 12.1 Å². The third-order valence-corrected chi connectivity index (χ3v) is 7.05. The maximum absolute atomic E-state index is 15.1. The lowest BCUT2D eigenvalue weighted by Gasteiger charge is -2.33. The van der Waals surface area contributed by atoms with Crippen molar-refractivity contribution in [3.8, 4) is 5.88 Å². The van der Waals surface area contributed by atoms with Gasteiger partial charge in [-0.05, 0) is 52.8 Å². The summed E-state index contributed by atoms with van der Waals surface area (Å²) < 4.78 is 48.6. The van der Waals surface area contributed by atoms with Crippen LogP contribution in [-0.2, 0) is 10.7 Å². The van der Waals surface area contributed by atoms with Crippen LogP contribution in [0.15, 0.2) is 24.3 Å².